The van der Waals surface area contributed by atoms with Gasteiger partial charge in [0.25, 0.3) is 5.91 Å². The van der Waals surface area contributed by atoms with Gasteiger partial charge in [0.1, 0.15) is 11.6 Å². The monoisotopic (exact) mass is 353 g/mol. The summed E-state index contributed by atoms with van der Waals surface area (Å²) >= 11 is 0. The fourth-order valence-corrected chi connectivity index (χ4v) is 2.52. The van der Waals surface area contributed by atoms with Crippen molar-refractivity contribution in [2.45, 2.75) is 13.5 Å². The van der Waals surface area contributed by atoms with Crippen molar-refractivity contribution in [3.05, 3.63) is 71.6 Å². The normalized spacial score (nSPS) is 10.6. The molecular weight excluding hydrogens is 333 g/mol. The summed E-state index contributed by atoms with van der Waals surface area (Å²) in [5.41, 5.74) is 2.69. The molecule has 26 heavy (non-hydrogen) atoms. The summed E-state index contributed by atoms with van der Waals surface area (Å²) < 4.78 is 14.6. The third-order valence-corrected chi connectivity index (χ3v) is 3.92. The lowest BCUT2D eigenvalue weighted by molar-refractivity contribution is 0.0940. The first-order chi connectivity index (χ1) is 12.4. The molecule has 0 saturated heterocycles. The third-order valence-electron chi connectivity index (χ3n) is 3.92. The van der Waals surface area contributed by atoms with Gasteiger partial charge in [0.15, 0.2) is 0 Å². The van der Waals surface area contributed by atoms with Crippen molar-refractivity contribution in [3.8, 4) is 5.69 Å². The van der Waals surface area contributed by atoms with Gasteiger partial charge in [-0.05, 0) is 48.9 Å². The first-order valence-corrected chi connectivity index (χ1v) is 8.18. The van der Waals surface area contributed by atoms with E-state index < -0.39 is 0 Å². The molecular formula is C19H20FN5O. The number of halogens is 1. The Labute approximate surface area is 151 Å². The number of amides is 1. The van der Waals surface area contributed by atoms with Gasteiger partial charge in [-0.1, -0.05) is 12.1 Å². The van der Waals surface area contributed by atoms with E-state index in [0.717, 1.165) is 11.3 Å². The molecule has 134 valence electrons. The Bertz CT molecular complexity index is 918. The minimum Gasteiger partial charge on any atom is -0.378 e. The number of anilines is 1. The predicted octanol–water partition coefficient (Wildman–Crippen LogP) is 2.71. The highest BCUT2D eigenvalue weighted by molar-refractivity contribution is 5.90. The predicted molar refractivity (Wildman–Crippen MR) is 98.0 cm³/mol. The van der Waals surface area contributed by atoms with Crippen LogP contribution in [0.4, 0.5) is 10.1 Å². The molecule has 3 aromatic rings. The Morgan fingerprint density at radius 1 is 1.19 bits per heavy atom. The average molecular weight is 353 g/mol. The second-order valence-electron chi connectivity index (χ2n) is 6.12. The summed E-state index contributed by atoms with van der Waals surface area (Å²) in [4.78, 5) is 18.6. The maximum atomic E-state index is 13.1. The summed E-state index contributed by atoms with van der Waals surface area (Å²) in [5.74, 6) is -0.0550. The molecule has 7 heteroatoms. The number of hydrogen-bond acceptors (Lipinski definition) is 4. The molecule has 1 aromatic heterocycles. The van der Waals surface area contributed by atoms with Crippen LogP contribution in [0.25, 0.3) is 5.69 Å². The highest BCUT2D eigenvalue weighted by atomic mass is 19.1. The van der Waals surface area contributed by atoms with Crippen LogP contribution >= 0.6 is 0 Å². The first-order valence-electron chi connectivity index (χ1n) is 8.18. The number of aromatic nitrogens is 3. The van der Waals surface area contributed by atoms with Gasteiger partial charge < -0.3 is 10.2 Å². The summed E-state index contributed by atoms with van der Waals surface area (Å²) in [5, 5.41) is 7.06. The van der Waals surface area contributed by atoms with Gasteiger partial charge in [-0.25, -0.2) is 14.1 Å². The number of aryl methyl sites for hydroxylation is 1. The van der Waals surface area contributed by atoms with Gasteiger partial charge in [0.2, 0.25) is 5.82 Å². The van der Waals surface area contributed by atoms with Gasteiger partial charge in [0.05, 0.1) is 5.69 Å². The quantitative estimate of drug-likeness (QED) is 0.766. The van der Waals surface area contributed by atoms with E-state index in [4.69, 9.17) is 0 Å². The third kappa shape index (κ3) is 3.88. The zero-order valence-corrected chi connectivity index (χ0v) is 14.9. The van der Waals surface area contributed by atoms with Crippen molar-refractivity contribution in [2.75, 3.05) is 19.0 Å². The SMILES string of the molecule is Cc1nc(C(=O)NCc2cccc(N(C)C)c2)nn1-c1ccc(F)cc1. The molecule has 0 aliphatic heterocycles. The van der Waals surface area contributed by atoms with Crippen molar-refractivity contribution in [2.24, 2.45) is 0 Å². The van der Waals surface area contributed by atoms with Gasteiger partial charge in [0, 0.05) is 26.3 Å². The van der Waals surface area contributed by atoms with Crippen LogP contribution in [-0.4, -0.2) is 34.8 Å². The Hall–Kier alpha value is -3.22. The molecule has 0 atom stereocenters. The van der Waals surface area contributed by atoms with E-state index in [0.29, 0.717) is 18.1 Å². The van der Waals surface area contributed by atoms with Crippen molar-refractivity contribution < 1.29 is 9.18 Å². The highest BCUT2D eigenvalue weighted by Gasteiger charge is 2.15. The van der Waals surface area contributed by atoms with Crippen molar-refractivity contribution >= 4 is 11.6 Å². The fraction of sp³-hybridized carbons (Fsp3) is 0.211. The summed E-state index contributed by atoms with van der Waals surface area (Å²) in [7, 11) is 3.93. The van der Waals surface area contributed by atoms with Crippen LogP contribution in [0.3, 0.4) is 0 Å². The van der Waals surface area contributed by atoms with E-state index in [9.17, 15) is 9.18 Å². The van der Waals surface area contributed by atoms with Gasteiger partial charge >= 0.3 is 0 Å². The number of nitrogens with one attached hydrogen (secondary N) is 1. The Kier molecular flexibility index (Phi) is 4.97. The maximum Gasteiger partial charge on any atom is 0.291 e. The maximum absolute atomic E-state index is 13.1. The minimum absolute atomic E-state index is 0.0792. The lowest BCUT2D eigenvalue weighted by Gasteiger charge is -2.13. The summed E-state index contributed by atoms with van der Waals surface area (Å²) in [6, 6.07) is 13.8. The van der Waals surface area contributed by atoms with Gasteiger partial charge in [-0.15, -0.1) is 5.10 Å². The van der Waals surface area contributed by atoms with Crippen LogP contribution in [0.1, 0.15) is 22.0 Å². The molecule has 1 heterocycles. The van der Waals surface area contributed by atoms with E-state index >= 15 is 0 Å². The standard InChI is InChI=1S/C19H20FN5O/c1-13-22-18(23-25(13)16-9-7-15(20)8-10-16)19(26)21-12-14-5-4-6-17(11-14)24(2)3/h4-11H,12H2,1-3H3,(H,21,26). The Morgan fingerprint density at radius 3 is 2.62 bits per heavy atom. The number of nitrogens with zero attached hydrogens (tertiary/aromatic N) is 4. The molecule has 3 rings (SSSR count). The molecule has 0 spiro atoms. The molecule has 0 radical (unpaired) electrons. The van der Waals surface area contributed by atoms with Crippen LogP contribution in [-0.2, 0) is 6.54 Å². The zero-order valence-electron chi connectivity index (χ0n) is 14.9. The number of rotatable bonds is 5. The van der Waals surface area contributed by atoms with Crippen molar-refractivity contribution in [3.63, 3.8) is 0 Å². The first kappa shape index (κ1) is 17.6. The highest BCUT2D eigenvalue weighted by Crippen LogP contribution is 2.14. The van der Waals surface area contributed by atoms with Gasteiger partial charge in [-0.2, -0.15) is 0 Å². The number of carbonyl (C=O) groups excluding carboxylic acids is 1. The van der Waals surface area contributed by atoms with E-state index in [-0.39, 0.29) is 17.5 Å². The smallest absolute Gasteiger partial charge is 0.291 e. The average Bonchev–Trinajstić information content (AvgIpc) is 3.02. The zero-order chi connectivity index (χ0) is 18.7. The molecule has 0 aliphatic carbocycles. The molecule has 1 amide bonds. The van der Waals surface area contributed by atoms with E-state index in [2.05, 4.69) is 15.4 Å². The van der Waals surface area contributed by atoms with Crippen molar-refractivity contribution in [1.82, 2.24) is 20.1 Å². The lowest BCUT2D eigenvalue weighted by Crippen LogP contribution is -2.24. The minimum atomic E-state index is -0.357. The summed E-state index contributed by atoms with van der Waals surface area (Å²) in [6.45, 7) is 2.12. The second kappa shape index (κ2) is 7.35. The molecule has 0 unspecified atom stereocenters. The number of benzene rings is 2. The Balaban J connectivity index is 1.72. The molecule has 2 aromatic carbocycles. The molecule has 1 N–H and O–H groups in total. The molecule has 0 aliphatic rings. The van der Waals surface area contributed by atoms with Crippen LogP contribution in [0.5, 0.6) is 0 Å². The van der Waals surface area contributed by atoms with Crippen molar-refractivity contribution in [1.29, 1.82) is 0 Å². The molecule has 0 saturated carbocycles. The van der Waals surface area contributed by atoms with E-state index in [1.54, 1.807) is 19.1 Å². The molecule has 0 fully saturated rings. The van der Waals surface area contributed by atoms with Gasteiger partial charge in [-0.3, -0.25) is 4.79 Å². The topological polar surface area (TPSA) is 63.1 Å². The van der Waals surface area contributed by atoms with Crippen LogP contribution < -0.4 is 10.2 Å². The fourth-order valence-electron chi connectivity index (χ4n) is 2.52. The van der Waals surface area contributed by atoms with Crippen LogP contribution in [0.15, 0.2) is 48.5 Å². The Morgan fingerprint density at radius 2 is 1.92 bits per heavy atom. The lowest BCUT2D eigenvalue weighted by atomic mass is 10.2. The van der Waals surface area contributed by atoms with Crippen LogP contribution in [0.2, 0.25) is 0 Å². The van der Waals surface area contributed by atoms with Crippen LogP contribution in [0, 0.1) is 12.7 Å². The summed E-state index contributed by atoms with van der Waals surface area (Å²) in [6.07, 6.45) is 0. The molecule has 6 nitrogen and oxygen atoms in total. The van der Waals surface area contributed by atoms with E-state index in [1.165, 1.54) is 16.8 Å². The number of hydrogen-bond donors (Lipinski definition) is 1. The second-order valence-corrected chi connectivity index (χ2v) is 6.12. The number of carbonyl (C=O) groups is 1. The van der Waals surface area contributed by atoms with E-state index in [1.807, 2.05) is 43.3 Å². The largest absolute Gasteiger partial charge is 0.378 e. The molecule has 0 bridgehead atoms.